The Morgan fingerprint density at radius 3 is 2.71 bits per heavy atom. The van der Waals surface area contributed by atoms with Gasteiger partial charge in [0.05, 0.1) is 10.6 Å². The Kier molecular flexibility index (Phi) is 2.90. The van der Waals surface area contributed by atoms with Crippen LogP contribution < -0.4 is 0 Å². The quantitative estimate of drug-likeness (QED) is 0.441. The van der Waals surface area contributed by atoms with Crippen molar-refractivity contribution in [3.63, 3.8) is 0 Å². The van der Waals surface area contributed by atoms with E-state index in [-0.39, 0.29) is 5.69 Å². The van der Waals surface area contributed by atoms with Gasteiger partial charge in [0.15, 0.2) is 0 Å². The molecule has 6 heteroatoms. The molecule has 0 saturated heterocycles. The minimum atomic E-state index is -1.09. The minimum Gasteiger partial charge on any atom is -0.478 e. The lowest BCUT2D eigenvalue weighted by Gasteiger charge is -1.91. The molecule has 1 N–H and O–H groups in total. The zero-order chi connectivity index (χ0) is 10.6. The van der Waals surface area contributed by atoms with Crippen LogP contribution in [0.3, 0.4) is 0 Å². The molecule has 0 aromatic carbocycles. The molecule has 1 rings (SSSR count). The van der Waals surface area contributed by atoms with Crippen LogP contribution in [-0.2, 0) is 4.79 Å². The molecular formula is C8H6N2O4. The summed E-state index contributed by atoms with van der Waals surface area (Å²) in [5.74, 6) is -1.09. The summed E-state index contributed by atoms with van der Waals surface area (Å²) in [6, 6.07) is 2.63. The van der Waals surface area contributed by atoms with Gasteiger partial charge in [0, 0.05) is 12.1 Å². The fraction of sp³-hybridized carbons (Fsp3) is 0. The Hall–Kier alpha value is -2.24. The Labute approximate surface area is 78.7 Å². The van der Waals surface area contributed by atoms with Crippen LogP contribution in [0.25, 0.3) is 6.08 Å². The molecule has 14 heavy (non-hydrogen) atoms. The Balaban J connectivity index is 2.83. The lowest BCUT2D eigenvalue weighted by Crippen LogP contribution is -1.90. The topological polar surface area (TPSA) is 93.3 Å². The standard InChI is InChI=1S/C8H6N2O4/c11-8(12)4-2-6-1-3-7(5-9-6)10(13)14/h1-5H,(H,11,12)/b4-2+. The molecule has 1 heterocycles. The highest BCUT2D eigenvalue weighted by molar-refractivity contribution is 5.84. The predicted molar refractivity (Wildman–Crippen MR) is 47.6 cm³/mol. The molecule has 0 saturated carbocycles. The summed E-state index contributed by atoms with van der Waals surface area (Å²) < 4.78 is 0. The number of carboxylic acids is 1. The Morgan fingerprint density at radius 2 is 2.29 bits per heavy atom. The fourth-order valence-corrected chi connectivity index (χ4v) is 0.761. The first-order chi connectivity index (χ1) is 6.59. The molecule has 0 bridgehead atoms. The van der Waals surface area contributed by atoms with Crippen molar-refractivity contribution < 1.29 is 14.8 Å². The van der Waals surface area contributed by atoms with E-state index in [1.165, 1.54) is 18.2 Å². The van der Waals surface area contributed by atoms with Gasteiger partial charge >= 0.3 is 5.97 Å². The van der Waals surface area contributed by atoms with Crippen molar-refractivity contribution in [1.82, 2.24) is 4.98 Å². The van der Waals surface area contributed by atoms with Crippen molar-refractivity contribution in [3.8, 4) is 0 Å². The summed E-state index contributed by atoms with van der Waals surface area (Å²) in [6.07, 6.45) is 3.24. The average Bonchev–Trinajstić information content (AvgIpc) is 2.15. The van der Waals surface area contributed by atoms with Gasteiger partial charge in [-0.1, -0.05) is 0 Å². The molecule has 0 aliphatic carbocycles. The maximum atomic E-state index is 10.2. The molecule has 0 radical (unpaired) electrons. The van der Waals surface area contributed by atoms with Gasteiger partial charge in [0.25, 0.3) is 5.69 Å². The van der Waals surface area contributed by atoms with Gasteiger partial charge in [-0.2, -0.15) is 0 Å². The van der Waals surface area contributed by atoms with Crippen molar-refractivity contribution in [1.29, 1.82) is 0 Å². The highest BCUT2D eigenvalue weighted by Crippen LogP contribution is 2.09. The zero-order valence-electron chi connectivity index (χ0n) is 6.95. The van der Waals surface area contributed by atoms with Gasteiger partial charge in [-0.25, -0.2) is 9.78 Å². The normalized spacial score (nSPS) is 10.3. The predicted octanol–water partition coefficient (Wildman–Crippen LogP) is 1.09. The first-order valence-electron chi connectivity index (χ1n) is 3.61. The number of hydrogen-bond donors (Lipinski definition) is 1. The molecular weight excluding hydrogens is 188 g/mol. The minimum absolute atomic E-state index is 0.127. The monoisotopic (exact) mass is 194 g/mol. The van der Waals surface area contributed by atoms with Crippen LogP contribution >= 0.6 is 0 Å². The number of rotatable bonds is 3. The third kappa shape index (κ3) is 2.67. The molecule has 6 nitrogen and oxygen atoms in total. The fourth-order valence-electron chi connectivity index (χ4n) is 0.761. The van der Waals surface area contributed by atoms with Crippen molar-refractivity contribution in [3.05, 3.63) is 40.2 Å². The van der Waals surface area contributed by atoms with E-state index in [9.17, 15) is 14.9 Å². The molecule has 0 aliphatic rings. The van der Waals surface area contributed by atoms with E-state index < -0.39 is 10.9 Å². The third-order valence-electron chi connectivity index (χ3n) is 1.38. The number of aromatic nitrogens is 1. The summed E-state index contributed by atoms with van der Waals surface area (Å²) in [6.45, 7) is 0. The van der Waals surface area contributed by atoms with E-state index >= 15 is 0 Å². The van der Waals surface area contributed by atoms with Crippen molar-refractivity contribution in [2.24, 2.45) is 0 Å². The van der Waals surface area contributed by atoms with E-state index in [1.54, 1.807) is 0 Å². The molecule has 1 aromatic heterocycles. The average molecular weight is 194 g/mol. The second-order valence-electron chi connectivity index (χ2n) is 2.37. The van der Waals surface area contributed by atoms with Gasteiger partial charge in [0.2, 0.25) is 0 Å². The molecule has 0 aliphatic heterocycles. The smallest absolute Gasteiger partial charge is 0.328 e. The second-order valence-corrected chi connectivity index (χ2v) is 2.37. The van der Waals surface area contributed by atoms with E-state index in [4.69, 9.17) is 5.11 Å². The second kappa shape index (κ2) is 4.13. The summed E-state index contributed by atoms with van der Waals surface area (Å²) in [7, 11) is 0. The van der Waals surface area contributed by atoms with Crippen LogP contribution in [0.5, 0.6) is 0 Å². The molecule has 0 spiro atoms. The maximum absolute atomic E-state index is 10.2. The van der Waals surface area contributed by atoms with Gasteiger partial charge in [-0.05, 0) is 12.1 Å². The van der Waals surface area contributed by atoms with Crippen LogP contribution in [0.2, 0.25) is 0 Å². The largest absolute Gasteiger partial charge is 0.478 e. The lowest BCUT2D eigenvalue weighted by molar-refractivity contribution is -0.385. The summed E-state index contributed by atoms with van der Waals surface area (Å²) in [4.78, 5) is 23.5. The molecule has 0 unspecified atom stereocenters. The SMILES string of the molecule is O=C(O)/C=C/c1ccc([N+](=O)[O-])cn1. The number of pyridine rings is 1. The van der Waals surface area contributed by atoms with Gasteiger partial charge < -0.3 is 5.11 Å². The lowest BCUT2D eigenvalue weighted by atomic mass is 10.3. The number of carboxylic acid groups (broad SMARTS) is 1. The van der Waals surface area contributed by atoms with Crippen molar-refractivity contribution >= 4 is 17.7 Å². The Bertz CT molecular complexity index is 383. The number of carbonyl (C=O) groups is 1. The summed E-state index contributed by atoms with van der Waals surface area (Å²) in [5.41, 5.74) is 0.232. The van der Waals surface area contributed by atoms with Crippen molar-refractivity contribution in [2.75, 3.05) is 0 Å². The van der Waals surface area contributed by atoms with Gasteiger partial charge in [0.1, 0.15) is 6.20 Å². The first kappa shape index (κ1) is 9.85. The molecule has 72 valence electrons. The maximum Gasteiger partial charge on any atom is 0.328 e. The van der Waals surface area contributed by atoms with Crippen LogP contribution in [0, 0.1) is 10.1 Å². The molecule has 1 aromatic rings. The van der Waals surface area contributed by atoms with Crippen LogP contribution in [0.1, 0.15) is 5.69 Å². The Morgan fingerprint density at radius 1 is 1.57 bits per heavy atom. The van der Waals surface area contributed by atoms with E-state index in [0.29, 0.717) is 5.69 Å². The molecule has 0 fully saturated rings. The highest BCUT2D eigenvalue weighted by Gasteiger charge is 2.03. The molecule has 0 amide bonds. The summed E-state index contributed by atoms with van der Waals surface area (Å²) in [5, 5.41) is 18.5. The highest BCUT2D eigenvalue weighted by atomic mass is 16.6. The van der Waals surface area contributed by atoms with Crippen LogP contribution in [0.15, 0.2) is 24.4 Å². The van der Waals surface area contributed by atoms with E-state index in [1.807, 2.05) is 0 Å². The van der Waals surface area contributed by atoms with Crippen LogP contribution in [-0.4, -0.2) is 21.0 Å². The van der Waals surface area contributed by atoms with E-state index in [0.717, 1.165) is 12.3 Å². The third-order valence-corrected chi connectivity index (χ3v) is 1.38. The zero-order valence-corrected chi connectivity index (χ0v) is 6.95. The number of nitrogens with zero attached hydrogens (tertiary/aromatic N) is 2. The number of aliphatic carboxylic acids is 1. The number of nitro groups is 1. The molecule has 0 atom stereocenters. The van der Waals surface area contributed by atoms with Crippen molar-refractivity contribution in [2.45, 2.75) is 0 Å². The van der Waals surface area contributed by atoms with Gasteiger partial charge in [-0.3, -0.25) is 10.1 Å². The van der Waals surface area contributed by atoms with Crippen LogP contribution in [0.4, 0.5) is 5.69 Å². The summed E-state index contributed by atoms with van der Waals surface area (Å²) >= 11 is 0. The number of hydrogen-bond acceptors (Lipinski definition) is 4. The van der Waals surface area contributed by atoms with Gasteiger partial charge in [-0.15, -0.1) is 0 Å². The first-order valence-corrected chi connectivity index (χ1v) is 3.61. The van der Waals surface area contributed by atoms with E-state index in [2.05, 4.69) is 4.98 Å².